The molecule has 90 valence electrons. The van der Waals surface area contributed by atoms with Gasteiger partial charge in [0.05, 0.1) is 12.3 Å². The summed E-state index contributed by atoms with van der Waals surface area (Å²) in [6.45, 7) is 4.90. The molecule has 1 saturated heterocycles. The van der Waals surface area contributed by atoms with Gasteiger partial charge in [0, 0.05) is 12.4 Å². The molecule has 2 rings (SSSR count). The highest BCUT2D eigenvalue weighted by molar-refractivity contribution is 5.85. The Bertz CT molecular complexity index is 316. The van der Waals surface area contributed by atoms with Crippen molar-refractivity contribution in [3.63, 3.8) is 0 Å². The molecule has 1 aliphatic heterocycles. The van der Waals surface area contributed by atoms with Crippen molar-refractivity contribution in [3.8, 4) is 5.88 Å². The smallest absolute Gasteiger partial charge is 0.235 e. The van der Waals surface area contributed by atoms with Crippen molar-refractivity contribution in [1.82, 2.24) is 15.3 Å². The molecule has 1 aliphatic rings. The Kier molecular flexibility index (Phi) is 5.49. The van der Waals surface area contributed by atoms with Gasteiger partial charge >= 0.3 is 0 Å². The molecule has 0 aliphatic carbocycles. The number of halogens is 1. The average molecular weight is 244 g/mol. The maximum atomic E-state index is 5.67. The molecule has 0 atom stereocenters. The van der Waals surface area contributed by atoms with Gasteiger partial charge in [0.2, 0.25) is 5.88 Å². The zero-order valence-electron chi connectivity index (χ0n) is 9.48. The first-order valence-electron chi connectivity index (χ1n) is 5.47. The number of nitrogens with one attached hydrogen (secondary N) is 1. The Labute approximate surface area is 102 Å². The number of ether oxygens (including phenoxy) is 1. The number of hydrogen-bond donors (Lipinski definition) is 1. The Hall–Kier alpha value is -0.870. The normalized spacial score (nSPS) is 16.6. The van der Waals surface area contributed by atoms with Gasteiger partial charge in [0.15, 0.2) is 0 Å². The number of hydrogen-bond acceptors (Lipinski definition) is 4. The van der Waals surface area contributed by atoms with Crippen molar-refractivity contribution in [2.45, 2.75) is 19.8 Å². The number of piperidine rings is 1. The molecule has 2 heterocycles. The van der Waals surface area contributed by atoms with Crippen LogP contribution >= 0.6 is 12.4 Å². The molecule has 0 aromatic carbocycles. The van der Waals surface area contributed by atoms with E-state index in [9.17, 15) is 0 Å². The molecule has 0 amide bonds. The predicted molar refractivity (Wildman–Crippen MR) is 65.1 cm³/mol. The molecule has 1 N–H and O–H groups in total. The van der Waals surface area contributed by atoms with E-state index in [0.717, 1.165) is 25.4 Å². The zero-order valence-corrected chi connectivity index (χ0v) is 10.3. The maximum absolute atomic E-state index is 5.67. The van der Waals surface area contributed by atoms with Gasteiger partial charge < -0.3 is 10.1 Å². The highest BCUT2D eigenvalue weighted by atomic mass is 35.5. The molecule has 0 unspecified atom stereocenters. The van der Waals surface area contributed by atoms with Crippen LogP contribution in [0.1, 0.15) is 18.5 Å². The fourth-order valence-electron chi connectivity index (χ4n) is 1.78. The summed E-state index contributed by atoms with van der Waals surface area (Å²) in [6.07, 6.45) is 5.75. The summed E-state index contributed by atoms with van der Waals surface area (Å²) in [5.41, 5.74) is 0.867. The van der Waals surface area contributed by atoms with E-state index in [2.05, 4.69) is 15.3 Å². The molecule has 0 radical (unpaired) electrons. The van der Waals surface area contributed by atoms with Crippen LogP contribution in [0.15, 0.2) is 12.4 Å². The molecule has 1 fully saturated rings. The first-order chi connectivity index (χ1) is 7.36. The van der Waals surface area contributed by atoms with E-state index in [1.807, 2.05) is 6.92 Å². The lowest BCUT2D eigenvalue weighted by molar-refractivity contribution is 0.207. The van der Waals surface area contributed by atoms with Crippen molar-refractivity contribution < 1.29 is 4.74 Å². The summed E-state index contributed by atoms with van der Waals surface area (Å²) < 4.78 is 5.67. The zero-order chi connectivity index (χ0) is 10.5. The van der Waals surface area contributed by atoms with Crippen molar-refractivity contribution >= 4 is 12.4 Å². The number of rotatable bonds is 3. The molecular weight excluding hydrogens is 226 g/mol. The Balaban J connectivity index is 0.00000128. The molecule has 1 aromatic heterocycles. The number of aromatic nitrogens is 2. The quantitative estimate of drug-likeness (QED) is 0.876. The van der Waals surface area contributed by atoms with Crippen LogP contribution in [-0.4, -0.2) is 29.7 Å². The molecule has 0 spiro atoms. The van der Waals surface area contributed by atoms with Crippen LogP contribution < -0.4 is 10.1 Å². The summed E-state index contributed by atoms with van der Waals surface area (Å²) >= 11 is 0. The second-order valence-electron chi connectivity index (χ2n) is 3.95. The third-order valence-electron chi connectivity index (χ3n) is 2.75. The second kappa shape index (κ2) is 6.66. The molecule has 16 heavy (non-hydrogen) atoms. The van der Waals surface area contributed by atoms with Crippen molar-refractivity contribution in [2.24, 2.45) is 5.92 Å². The van der Waals surface area contributed by atoms with Crippen LogP contribution in [0.5, 0.6) is 5.88 Å². The minimum atomic E-state index is 0. The lowest BCUT2D eigenvalue weighted by atomic mass is 9.99. The fourth-order valence-corrected chi connectivity index (χ4v) is 1.78. The van der Waals surface area contributed by atoms with E-state index in [1.165, 1.54) is 12.8 Å². The summed E-state index contributed by atoms with van der Waals surface area (Å²) in [6, 6.07) is 0. The van der Waals surface area contributed by atoms with E-state index in [4.69, 9.17) is 4.74 Å². The van der Waals surface area contributed by atoms with Gasteiger partial charge in [-0.15, -0.1) is 12.4 Å². The van der Waals surface area contributed by atoms with E-state index in [1.54, 1.807) is 12.4 Å². The van der Waals surface area contributed by atoms with Crippen molar-refractivity contribution in [1.29, 1.82) is 0 Å². The maximum Gasteiger partial charge on any atom is 0.235 e. The summed E-state index contributed by atoms with van der Waals surface area (Å²) in [5.74, 6) is 1.34. The Morgan fingerprint density at radius 1 is 1.31 bits per heavy atom. The Morgan fingerprint density at radius 2 is 2.00 bits per heavy atom. The fraction of sp³-hybridized carbons (Fsp3) is 0.636. The first-order valence-corrected chi connectivity index (χ1v) is 5.47. The third kappa shape index (κ3) is 3.61. The topological polar surface area (TPSA) is 47.0 Å². The van der Waals surface area contributed by atoms with Gasteiger partial charge in [-0.1, -0.05) is 0 Å². The number of aryl methyl sites for hydroxylation is 1. The largest absolute Gasteiger partial charge is 0.476 e. The highest BCUT2D eigenvalue weighted by Crippen LogP contribution is 2.15. The van der Waals surface area contributed by atoms with Gasteiger partial charge in [-0.3, -0.25) is 4.98 Å². The van der Waals surface area contributed by atoms with Gasteiger partial charge in [0.25, 0.3) is 0 Å². The molecule has 0 saturated carbocycles. The van der Waals surface area contributed by atoms with Gasteiger partial charge in [-0.2, -0.15) is 0 Å². The summed E-state index contributed by atoms with van der Waals surface area (Å²) in [5, 5.41) is 3.34. The van der Waals surface area contributed by atoms with Crippen LogP contribution in [0.25, 0.3) is 0 Å². The molecule has 0 bridgehead atoms. The lowest BCUT2D eigenvalue weighted by Gasteiger charge is -2.22. The van der Waals surface area contributed by atoms with Crippen molar-refractivity contribution in [2.75, 3.05) is 19.7 Å². The van der Waals surface area contributed by atoms with E-state index in [0.29, 0.717) is 11.8 Å². The molecule has 5 heteroatoms. The van der Waals surface area contributed by atoms with Crippen LogP contribution in [0, 0.1) is 12.8 Å². The predicted octanol–water partition coefficient (Wildman–Crippen LogP) is 1.59. The van der Waals surface area contributed by atoms with Crippen LogP contribution in [0.3, 0.4) is 0 Å². The van der Waals surface area contributed by atoms with E-state index < -0.39 is 0 Å². The molecule has 4 nitrogen and oxygen atoms in total. The van der Waals surface area contributed by atoms with Gasteiger partial charge in [-0.25, -0.2) is 4.98 Å². The molecular formula is C11H18ClN3O. The van der Waals surface area contributed by atoms with E-state index in [-0.39, 0.29) is 12.4 Å². The lowest BCUT2D eigenvalue weighted by Crippen LogP contribution is -2.30. The summed E-state index contributed by atoms with van der Waals surface area (Å²) in [7, 11) is 0. The number of nitrogens with zero attached hydrogens (tertiary/aromatic N) is 2. The summed E-state index contributed by atoms with van der Waals surface area (Å²) in [4.78, 5) is 8.31. The van der Waals surface area contributed by atoms with Crippen LogP contribution in [0.4, 0.5) is 0 Å². The standard InChI is InChI=1S/C11H17N3O.ClH/c1-9-11(14-7-6-13-9)15-8-10-2-4-12-5-3-10;/h6-7,10,12H,2-5,8H2,1H3;1H. The SMILES string of the molecule is Cc1nccnc1OCC1CCNCC1.Cl. The second-order valence-corrected chi connectivity index (χ2v) is 3.95. The molecule has 1 aromatic rings. The minimum absolute atomic E-state index is 0. The van der Waals surface area contributed by atoms with Gasteiger partial charge in [0.1, 0.15) is 0 Å². The third-order valence-corrected chi connectivity index (χ3v) is 2.75. The highest BCUT2D eigenvalue weighted by Gasteiger charge is 2.14. The first kappa shape index (κ1) is 13.2. The Morgan fingerprint density at radius 3 is 2.69 bits per heavy atom. The van der Waals surface area contributed by atoms with Crippen molar-refractivity contribution in [3.05, 3.63) is 18.1 Å². The van der Waals surface area contributed by atoms with Crippen LogP contribution in [-0.2, 0) is 0 Å². The van der Waals surface area contributed by atoms with Crippen LogP contribution in [0.2, 0.25) is 0 Å². The minimum Gasteiger partial charge on any atom is -0.476 e. The van der Waals surface area contributed by atoms with E-state index >= 15 is 0 Å². The average Bonchev–Trinajstić information content (AvgIpc) is 2.29. The monoisotopic (exact) mass is 243 g/mol. The van der Waals surface area contributed by atoms with Gasteiger partial charge in [-0.05, 0) is 38.8 Å².